The molecule has 2 heterocycles. The second kappa shape index (κ2) is 5.98. The number of rotatable bonds is 2. The van der Waals surface area contributed by atoms with Gasteiger partial charge >= 0.3 is 19.1 Å². The highest BCUT2D eigenvalue weighted by atomic mass is 16.6. The number of likely N-dealkylation sites (N-methyl/N-ethyl adjacent to an activating group) is 1. The summed E-state index contributed by atoms with van der Waals surface area (Å²) in [6, 6.07) is 9.31. The minimum atomic E-state index is -1.17. The van der Waals surface area contributed by atoms with Gasteiger partial charge in [-0.3, -0.25) is 14.5 Å². The third-order valence-corrected chi connectivity index (χ3v) is 3.05. The van der Waals surface area contributed by atoms with Crippen molar-refractivity contribution >= 4 is 24.7 Å². The molecule has 0 radical (unpaired) electrons. The summed E-state index contributed by atoms with van der Waals surface area (Å²) in [6.07, 6.45) is 1.56. The largest absolute Gasteiger partial charge is 0.660 e. The van der Waals surface area contributed by atoms with E-state index in [2.05, 4.69) is 10.3 Å². The van der Waals surface area contributed by atoms with Crippen LogP contribution in [0.15, 0.2) is 36.5 Å². The Kier molecular flexibility index (Phi) is 3.88. The fourth-order valence-electron chi connectivity index (χ4n) is 2.05. The van der Waals surface area contributed by atoms with Gasteiger partial charge in [0.05, 0.1) is 25.0 Å². The molecule has 1 aromatic heterocycles. The molecule has 8 nitrogen and oxygen atoms in total. The Morgan fingerprint density at radius 2 is 1.73 bits per heavy atom. The van der Waals surface area contributed by atoms with Crippen LogP contribution in [0.4, 0.5) is 0 Å². The molecule has 0 N–H and O–H groups in total. The van der Waals surface area contributed by atoms with E-state index in [0.29, 0.717) is 0 Å². The van der Waals surface area contributed by atoms with Crippen molar-refractivity contribution in [3.8, 4) is 5.69 Å². The van der Waals surface area contributed by atoms with Crippen molar-refractivity contribution in [3.63, 3.8) is 0 Å². The molecule has 1 saturated heterocycles. The lowest BCUT2D eigenvalue weighted by Gasteiger charge is -2.21. The van der Waals surface area contributed by atoms with Gasteiger partial charge in [0.2, 0.25) is 0 Å². The highest BCUT2D eigenvalue weighted by Crippen LogP contribution is 2.04. The highest BCUT2D eigenvalue weighted by Gasteiger charge is 2.36. The second-order valence-electron chi connectivity index (χ2n) is 4.91. The Bertz CT molecular complexity index is 670. The molecule has 9 heteroatoms. The Morgan fingerprint density at radius 3 is 2.36 bits per heavy atom. The molecule has 1 aliphatic rings. The number of carbonyl (C=O) groups excluding carboxylic acids is 2. The van der Waals surface area contributed by atoms with Crippen molar-refractivity contribution in [3.05, 3.63) is 36.5 Å². The van der Waals surface area contributed by atoms with Crippen LogP contribution in [0.1, 0.15) is 0 Å². The van der Waals surface area contributed by atoms with Gasteiger partial charge in [0.1, 0.15) is 5.59 Å². The van der Waals surface area contributed by atoms with Crippen LogP contribution in [0.5, 0.6) is 0 Å². The Balaban J connectivity index is 1.82. The molecular formula is C13H13BN4O4. The van der Waals surface area contributed by atoms with Gasteiger partial charge in [-0.15, -0.1) is 5.10 Å². The molecule has 0 saturated carbocycles. The third-order valence-electron chi connectivity index (χ3n) is 3.05. The molecule has 22 heavy (non-hydrogen) atoms. The average Bonchev–Trinajstić information content (AvgIpc) is 2.95. The molecule has 0 unspecified atom stereocenters. The van der Waals surface area contributed by atoms with Crippen LogP contribution < -0.4 is 5.59 Å². The number of nitrogens with zero attached hydrogens (tertiary/aromatic N) is 4. The lowest BCUT2D eigenvalue weighted by atomic mass is 9.85. The SMILES string of the molecule is CN1CC(=O)OB(c2cn(-c3ccccc3)nn2)OC(=O)C1. The number of para-hydroxylation sites is 1. The summed E-state index contributed by atoms with van der Waals surface area (Å²) in [4.78, 5) is 24.9. The van der Waals surface area contributed by atoms with Gasteiger partial charge < -0.3 is 9.31 Å². The molecule has 0 spiro atoms. The van der Waals surface area contributed by atoms with E-state index < -0.39 is 19.1 Å². The topological polar surface area (TPSA) is 86.6 Å². The normalized spacial score (nSPS) is 16.7. The summed E-state index contributed by atoms with van der Waals surface area (Å²) < 4.78 is 11.8. The van der Waals surface area contributed by atoms with Crippen LogP contribution in [0.25, 0.3) is 5.69 Å². The van der Waals surface area contributed by atoms with E-state index in [9.17, 15) is 9.59 Å². The van der Waals surface area contributed by atoms with Gasteiger partial charge in [-0.1, -0.05) is 23.4 Å². The lowest BCUT2D eigenvalue weighted by Crippen LogP contribution is -2.48. The standard InChI is InChI=1S/C13H13BN4O4/c1-17-8-12(19)21-14(22-13(20)9-17)11-7-18(16-15-11)10-5-3-2-4-6-10/h2-7H,8-9H2,1H3. The lowest BCUT2D eigenvalue weighted by molar-refractivity contribution is -0.145. The van der Waals surface area contributed by atoms with Crippen LogP contribution in [0.3, 0.4) is 0 Å². The maximum absolute atomic E-state index is 11.7. The molecular weight excluding hydrogens is 287 g/mol. The van der Waals surface area contributed by atoms with Crippen molar-refractivity contribution in [1.82, 2.24) is 19.9 Å². The van der Waals surface area contributed by atoms with Crippen LogP contribution in [-0.4, -0.2) is 59.1 Å². The van der Waals surface area contributed by atoms with Gasteiger partial charge in [0.25, 0.3) is 0 Å². The van der Waals surface area contributed by atoms with Crippen molar-refractivity contribution < 1.29 is 18.9 Å². The number of hydrogen-bond acceptors (Lipinski definition) is 7. The molecule has 0 bridgehead atoms. The molecule has 1 fully saturated rings. The van der Waals surface area contributed by atoms with Crippen LogP contribution >= 0.6 is 0 Å². The van der Waals surface area contributed by atoms with E-state index in [1.165, 1.54) is 9.58 Å². The molecule has 1 aliphatic heterocycles. The molecule has 0 amide bonds. The molecule has 1 aromatic carbocycles. The number of carbonyl (C=O) groups is 2. The highest BCUT2D eigenvalue weighted by molar-refractivity contribution is 6.63. The maximum Gasteiger partial charge on any atom is 0.660 e. The van der Waals surface area contributed by atoms with Gasteiger partial charge in [0, 0.05) is 0 Å². The molecule has 0 aliphatic carbocycles. The van der Waals surface area contributed by atoms with Crippen molar-refractivity contribution in [1.29, 1.82) is 0 Å². The van der Waals surface area contributed by atoms with E-state index >= 15 is 0 Å². The minimum absolute atomic E-state index is 0.0123. The van der Waals surface area contributed by atoms with Crippen LogP contribution in [0, 0.1) is 0 Å². The summed E-state index contributed by atoms with van der Waals surface area (Å²) in [7, 11) is 0.459. The number of aromatic nitrogens is 3. The monoisotopic (exact) mass is 300 g/mol. The van der Waals surface area contributed by atoms with E-state index in [-0.39, 0.29) is 18.7 Å². The zero-order valence-electron chi connectivity index (χ0n) is 11.9. The van der Waals surface area contributed by atoms with Gasteiger partial charge in [0.15, 0.2) is 0 Å². The van der Waals surface area contributed by atoms with Crippen LogP contribution in [0.2, 0.25) is 0 Å². The second-order valence-corrected chi connectivity index (χ2v) is 4.91. The van der Waals surface area contributed by atoms with Gasteiger partial charge in [-0.25, -0.2) is 4.68 Å². The Hall–Kier alpha value is -2.68. The van der Waals surface area contributed by atoms with Gasteiger partial charge in [-0.05, 0) is 19.2 Å². The molecule has 112 valence electrons. The van der Waals surface area contributed by atoms with Crippen LogP contribution in [-0.2, 0) is 18.9 Å². The summed E-state index contributed by atoms with van der Waals surface area (Å²) in [6.45, 7) is 0.0246. The first-order valence-corrected chi connectivity index (χ1v) is 6.67. The molecule has 0 atom stereocenters. The zero-order chi connectivity index (χ0) is 15.5. The first-order valence-electron chi connectivity index (χ1n) is 6.67. The van der Waals surface area contributed by atoms with E-state index in [1.807, 2.05) is 30.3 Å². The third kappa shape index (κ3) is 3.14. The Labute approximate surface area is 126 Å². The van der Waals surface area contributed by atoms with Crippen molar-refractivity contribution in [2.75, 3.05) is 20.1 Å². The first kappa shape index (κ1) is 14.3. The van der Waals surface area contributed by atoms with Gasteiger partial charge in [-0.2, -0.15) is 0 Å². The number of benzene rings is 1. The predicted molar refractivity (Wildman–Crippen MR) is 76.4 cm³/mol. The summed E-state index contributed by atoms with van der Waals surface area (Å²) in [5.41, 5.74) is 1.06. The average molecular weight is 300 g/mol. The quantitative estimate of drug-likeness (QED) is 0.657. The van der Waals surface area contributed by atoms with Crippen molar-refractivity contribution in [2.24, 2.45) is 0 Å². The summed E-state index contributed by atoms with van der Waals surface area (Å²) in [5, 5.41) is 7.88. The predicted octanol–water partition coefficient (Wildman–Crippen LogP) is -1.01. The smallest absolute Gasteiger partial charge is 0.493 e. The van der Waals surface area contributed by atoms with Crippen molar-refractivity contribution in [2.45, 2.75) is 0 Å². The summed E-state index contributed by atoms with van der Waals surface area (Å²) >= 11 is 0. The Morgan fingerprint density at radius 1 is 1.09 bits per heavy atom. The molecule has 2 aromatic rings. The fraction of sp³-hybridized carbons (Fsp3) is 0.231. The first-order chi connectivity index (χ1) is 10.6. The summed E-state index contributed by atoms with van der Waals surface area (Å²) in [5.74, 6) is -0.983. The molecule has 3 rings (SSSR count). The van der Waals surface area contributed by atoms with E-state index in [0.717, 1.165) is 5.69 Å². The fourth-order valence-corrected chi connectivity index (χ4v) is 2.05. The van der Waals surface area contributed by atoms with E-state index in [1.54, 1.807) is 13.2 Å². The zero-order valence-corrected chi connectivity index (χ0v) is 11.9. The minimum Gasteiger partial charge on any atom is -0.493 e. The number of hydrogen-bond donors (Lipinski definition) is 0. The maximum atomic E-state index is 11.7. The van der Waals surface area contributed by atoms with E-state index in [4.69, 9.17) is 9.31 Å².